The van der Waals surface area contributed by atoms with Gasteiger partial charge in [-0.2, -0.15) is 0 Å². The lowest BCUT2D eigenvalue weighted by atomic mass is 9.78. The molecule has 1 aromatic rings. The van der Waals surface area contributed by atoms with Gasteiger partial charge in [0.1, 0.15) is 0 Å². The third kappa shape index (κ3) is 3.16. The molecule has 0 bridgehead atoms. The summed E-state index contributed by atoms with van der Waals surface area (Å²) in [7, 11) is 0. The minimum Gasteiger partial charge on any atom is -0.368 e. The second kappa shape index (κ2) is 6.20. The van der Waals surface area contributed by atoms with E-state index < -0.39 is 0 Å². The van der Waals surface area contributed by atoms with Gasteiger partial charge in [-0.1, -0.05) is 50.1 Å². The molecule has 1 aliphatic rings. The molecule has 3 nitrogen and oxygen atoms in total. The van der Waals surface area contributed by atoms with E-state index in [1.54, 1.807) is 0 Å². The average Bonchev–Trinajstić information content (AvgIpc) is 2.90. The predicted molar refractivity (Wildman–Crippen MR) is 77.9 cm³/mol. The number of nitrogens with two attached hydrogens (primary N) is 1. The Hall–Kier alpha value is -1.35. The first-order chi connectivity index (χ1) is 9.18. The van der Waals surface area contributed by atoms with E-state index >= 15 is 0 Å². The van der Waals surface area contributed by atoms with Gasteiger partial charge in [0.15, 0.2) is 0 Å². The van der Waals surface area contributed by atoms with Gasteiger partial charge in [-0.3, -0.25) is 4.79 Å². The fourth-order valence-corrected chi connectivity index (χ4v) is 3.18. The van der Waals surface area contributed by atoms with Gasteiger partial charge in [-0.25, -0.2) is 0 Å². The van der Waals surface area contributed by atoms with E-state index in [1.807, 2.05) is 6.92 Å². The molecule has 1 unspecified atom stereocenters. The van der Waals surface area contributed by atoms with Gasteiger partial charge < -0.3 is 11.1 Å². The topological polar surface area (TPSA) is 55.1 Å². The molecule has 1 amide bonds. The third-order valence-electron chi connectivity index (χ3n) is 4.39. The molecule has 0 aliphatic heterocycles. The molecular weight excluding hydrogens is 236 g/mol. The Morgan fingerprint density at radius 3 is 2.47 bits per heavy atom. The Labute approximate surface area is 115 Å². The monoisotopic (exact) mass is 260 g/mol. The lowest BCUT2D eigenvalue weighted by Crippen LogP contribution is -2.46. The van der Waals surface area contributed by atoms with Gasteiger partial charge in [-0.05, 0) is 24.8 Å². The zero-order valence-electron chi connectivity index (χ0n) is 11.7. The van der Waals surface area contributed by atoms with Crippen LogP contribution in [-0.2, 0) is 10.2 Å². The van der Waals surface area contributed by atoms with Crippen molar-refractivity contribution >= 4 is 5.91 Å². The number of carbonyl (C=O) groups is 1. The number of nitrogens with one attached hydrogen (secondary N) is 1. The van der Waals surface area contributed by atoms with Gasteiger partial charge >= 0.3 is 0 Å². The van der Waals surface area contributed by atoms with Crippen LogP contribution in [-0.4, -0.2) is 18.5 Å². The number of primary amides is 1. The summed E-state index contributed by atoms with van der Waals surface area (Å²) in [5.74, 6) is -0.247. The highest BCUT2D eigenvalue weighted by Crippen LogP contribution is 2.40. The number of carbonyl (C=O) groups excluding carboxylic acids is 1. The quantitative estimate of drug-likeness (QED) is 0.825. The van der Waals surface area contributed by atoms with Crippen molar-refractivity contribution in [3.8, 4) is 0 Å². The molecule has 1 aliphatic carbocycles. The van der Waals surface area contributed by atoms with E-state index in [-0.39, 0.29) is 17.4 Å². The summed E-state index contributed by atoms with van der Waals surface area (Å²) in [4.78, 5) is 11.3. The predicted octanol–water partition coefficient (Wildman–Crippen LogP) is 2.35. The van der Waals surface area contributed by atoms with Gasteiger partial charge in [0.05, 0.1) is 6.04 Å². The molecule has 1 aromatic carbocycles. The van der Waals surface area contributed by atoms with Crippen LogP contribution in [0, 0.1) is 0 Å². The molecule has 3 heteroatoms. The van der Waals surface area contributed by atoms with Crippen molar-refractivity contribution in [3.63, 3.8) is 0 Å². The standard InChI is InChI=1S/C16H24N2O/c1-2-14(15(17)19)18-12-16(10-6-7-11-16)13-8-4-3-5-9-13/h3-5,8-9,14,18H,2,6-7,10-12H2,1H3,(H2,17,19). The van der Waals surface area contributed by atoms with E-state index in [2.05, 4.69) is 35.6 Å². The van der Waals surface area contributed by atoms with Crippen LogP contribution in [0.25, 0.3) is 0 Å². The lowest BCUT2D eigenvalue weighted by molar-refractivity contribution is -0.120. The first-order valence-corrected chi connectivity index (χ1v) is 7.26. The zero-order chi connectivity index (χ0) is 13.7. The summed E-state index contributed by atoms with van der Waals surface area (Å²) in [5.41, 5.74) is 6.99. The van der Waals surface area contributed by atoms with Crippen molar-refractivity contribution < 1.29 is 4.79 Å². The third-order valence-corrected chi connectivity index (χ3v) is 4.39. The Balaban J connectivity index is 2.11. The summed E-state index contributed by atoms with van der Waals surface area (Å²) < 4.78 is 0. The van der Waals surface area contributed by atoms with Crippen LogP contribution in [0.4, 0.5) is 0 Å². The van der Waals surface area contributed by atoms with E-state index in [9.17, 15) is 4.79 Å². The molecule has 3 N–H and O–H groups in total. The number of hydrogen-bond acceptors (Lipinski definition) is 2. The number of rotatable bonds is 6. The maximum atomic E-state index is 11.3. The second-order valence-corrected chi connectivity index (χ2v) is 5.60. The Bertz CT molecular complexity index is 410. The smallest absolute Gasteiger partial charge is 0.234 e. The van der Waals surface area contributed by atoms with Crippen LogP contribution in [0.2, 0.25) is 0 Å². The molecule has 0 radical (unpaired) electrons. The molecule has 1 saturated carbocycles. The zero-order valence-corrected chi connectivity index (χ0v) is 11.7. The minimum absolute atomic E-state index is 0.185. The van der Waals surface area contributed by atoms with Gasteiger partial charge in [-0.15, -0.1) is 0 Å². The normalized spacial score (nSPS) is 19.2. The summed E-state index contributed by atoms with van der Waals surface area (Å²) in [6.07, 6.45) is 5.67. The van der Waals surface area contributed by atoms with Gasteiger partial charge in [0.2, 0.25) is 5.91 Å². The molecule has 0 heterocycles. The van der Waals surface area contributed by atoms with E-state index in [1.165, 1.54) is 31.2 Å². The highest BCUT2D eigenvalue weighted by atomic mass is 16.1. The lowest BCUT2D eigenvalue weighted by Gasteiger charge is -2.31. The number of hydrogen-bond donors (Lipinski definition) is 2. The number of amides is 1. The van der Waals surface area contributed by atoms with Crippen molar-refractivity contribution in [1.29, 1.82) is 0 Å². The SMILES string of the molecule is CCC(NCC1(c2ccccc2)CCCC1)C(N)=O. The first kappa shape index (κ1) is 14.1. The minimum atomic E-state index is -0.247. The van der Waals surface area contributed by atoms with Crippen LogP contribution in [0.5, 0.6) is 0 Å². The summed E-state index contributed by atoms with van der Waals surface area (Å²) >= 11 is 0. The molecule has 19 heavy (non-hydrogen) atoms. The molecule has 1 atom stereocenters. The summed E-state index contributed by atoms with van der Waals surface area (Å²) in [5, 5.41) is 3.38. The van der Waals surface area contributed by atoms with Crippen LogP contribution >= 0.6 is 0 Å². The van der Waals surface area contributed by atoms with Crippen molar-refractivity contribution in [2.24, 2.45) is 5.73 Å². The molecule has 0 saturated heterocycles. The average molecular weight is 260 g/mol. The fourth-order valence-electron chi connectivity index (χ4n) is 3.18. The number of benzene rings is 1. The molecule has 0 spiro atoms. The van der Waals surface area contributed by atoms with E-state index in [0.29, 0.717) is 0 Å². The van der Waals surface area contributed by atoms with Crippen LogP contribution in [0.15, 0.2) is 30.3 Å². The second-order valence-electron chi connectivity index (χ2n) is 5.60. The fraction of sp³-hybridized carbons (Fsp3) is 0.562. The molecule has 0 aromatic heterocycles. The van der Waals surface area contributed by atoms with Crippen molar-refractivity contribution in [1.82, 2.24) is 5.32 Å². The van der Waals surface area contributed by atoms with Gasteiger partial charge in [0.25, 0.3) is 0 Å². The largest absolute Gasteiger partial charge is 0.368 e. The van der Waals surface area contributed by atoms with Crippen molar-refractivity contribution in [2.45, 2.75) is 50.5 Å². The van der Waals surface area contributed by atoms with Crippen molar-refractivity contribution in [3.05, 3.63) is 35.9 Å². The Kier molecular flexibility index (Phi) is 4.59. The van der Waals surface area contributed by atoms with E-state index in [0.717, 1.165) is 13.0 Å². The molecule has 104 valence electrons. The first-order valence-electron chi connectivity index (χ1n) is 7.26. The maximum Gasteiger partial charge on any atom is 0.234 e. The highest BCUT2D eigenvalue weighted by Gasteiger charge is 2.35. The maximum absolute atomic E-state index is 11.3. The molecule has 2 rings (SSSR count). The van der Waals surface area contributed by atoms with Crippen LogP contribution in [0.1, 0.15) is 44.6 Å². The van der Waals surface area contributed by atoms with Crippen LogP contribution < -0.4 is 11.1 Å². The summed E-state index contributed by atoms with van der Waals surface area (Å²) in [6.45, 7) is 2.84. The van der Waals surface area contributed by atoms with Crippen molar-refractivity contribution in [2.75, 3.05) is 6.54 Å². The van der Waals surface area contributed by atoms with E-state index in [4.69, 9.17) is 5.73 Å². The molecule has 1 fully saturated rings. The Morgan fingerprint density at radius 1 is 1.32 bits per heavy atom. The highest BCUT2D eigenvalue weighted by molar-refractivity contribution is 5.79. The van der Waals surface area contributed by atoms with Gasteiger partial charge in [0, 0.05) is 12.0 Å². The van der Waals surface area contributed by atoms with Crippen LogP contribution in [0.3, 0.4) is 0 Å². The summed E-state index contributed by atoms with van der Waals surface area (Å²) in [6, 6.07) is 10.5. The Morgan fingerprint density at radius 2 is 1.95 bits per heavy atom. The molecular formula is C16H24N2O.